The molecule has 0 aliphatic carbocycles. The fourth-order valence-corrected chi connectivity index (χ4v) is 3.35. The zero-order chi connectivity index (χ0) is 9.97. The lowest BCUT2D eigenvalue weighted by Gasteiger charge is -1.88. The summed E-state index contributed by atoms with van der Waals surface area (Å²) in [4.78, 5) is 18.5. The van der Waals surface area contributed by atoms with Crippen LogP contribution in [-0.2, 0) is 0 Å². The highest BCUT2D eigenvalue weighted by atomic mass is 32.2. The lowest BCUT2D eigenvalue weighted by atomic mass is 10.5. The molecular weight excluding hydrogens is 240 g/mol. The van der Waals surface area contributed by atoms with E-state index < -0.39 is 5.97 Å². The van der Waals surface area contributed by atoms with Crippen LogP contribution in [0.15, 0.2) is 25.6 Å². The van der Waals surface area contributed by atoms with Gasteiger partial charge in [-0.25, -0.2) is 14.8 Å². The van der Waals surface area contributed by atoms with E-state index in [0.29, 0.717) is 4.34 Å². The average Bonchev–Trinajstić information content (AvgIpc) is 2.75. The first-order valence-electron chi connectivity index (χ1n) is 3.52. The number of thiazole rings is 2. The Kier molecular flexibility index (Phi) is 2.80. The number of carboxylic acid groups (broad SMARTS) is 1. The minimum atomic E-state index is -0.993. The van der Waals surface area contributed by atoms with Crippen molar-refractivity contribution in [1.29, 1.82) is 0 Å². The number of carboxylic acids is 1. The fraction of sp³-hybridized carbons (Fsp3) is 0. The SMILES string of the molecule is O=C(O)c1csc(Sc2nccs2)n1. The Bertz CT molecular complexity index is 437. The van der Waals surface area contributed by atoms with Crippen LogP contribution in [0.1, 0.15) is 10.5 Å². The molecule has 0 bridgehead atoms. The maximum atomic E-state index is 10.5. The molecule has 1 N–H and O–H groups in total. The van der Waals surface area contributed by atoms with Crippen molar-refractivity contribution >= 4 is 40.4 Å². The molecule has 14 heavy (non-hydrogen) atoms. The van der Waals surface area contributed by atoms with Crippen LogP contribution >= 0.6 is 34.4 Å². The second kappa shape index (κ2) is 4.07. The van der Waals surface area contributed by atoms with Crippen molar-refractivity contribution in [2.75, 3.05) is 0 Å². The van der Waals surface area contributed by atoms with Gasteiger partial charge in [-0.15, -0.1) is 22.7 Å². The molecule has 0 aliphatic heterocycles. The van der Waals surface area contributed by atoms with E-state index in [1.165, 1.54) is 39.8 Å². The van der Waals surface area contributed by atoms with Crippen LogP contribution in [0, 0.1) is 0 Å². The molecule has 0 aliphatic rings. The van der Waals surface area contributed by atoms with Gasteiger partial charge in [0.25, 0.3) is 0 Å². The molecule has 72 valence electrons. The molecular formula is C7H4N2O2S3. The quantitative estimate of drug-likeness (QED) is 0.898. The first kappa shape index (κ1) is 9.63. The highest BCUT2D eigenvalue weighted by Crippen LogP contribution is 2.31. The van der Waals surface area contributed by atoms with E-state index in [1.54, 1.807) is 6.20 Å². The van der Waals surface area contributed by atoms with Crippen molar-refractivity contribution < 1.29 is 9.90 Å². The summed E-state index contributed by atoms with van der Waals surface area (Å²) in [5.41, 5.74) is 0.0917. The molecule has 2 heterocycles. The topological polar surface area (TPSA) is 63.1 Å². The number of aromatic carboxylic acids is 1. The zero-order valence-corrected chi connectivity index (χ0v) is 9.16. The minimum Gasteiger partial charge on any atom is -0.476 e. The van der Waals surface area contributed by atoms with Crippen LogP contribution in [0.5, 0.6) is 0 Å². The number of rotatable bonds is 3. The normalized spacial score (nSPS) is 10.3. The van der Waals surface area contributed by atoms with E-state index in [4.69, 9.17) is 5.11 Å². The molecule has 0 amide bonds. The smallest absolute Gasteiger partial charge is 0.355 e. The van der Waals surface area contributed by atoms with Crippen molar-refractivity contribution in [3.63, 3.8) is 0 Å². The van der Waals surface area contributed by atoms with Crippen LogP contribution in [-0.4, -0.2) is 21.0 Å². The summed E-state index contributed by atoms with van der Waals surface area (Å²) in [5, 5.41) is 12.0. The summed E-state index contributed by atoms with van der Waals surface area (Å²) in [7, 11) is 0. The highest BCUT2D eigenvalue weighted by molar-refractivity contribution is 8.02. The van der Waals surface area contributed by atoms with Crippen molar-refractivity contribution in [3.05, 3.63) is 22.7 Å². The van der Waals surface area contributed by atoms with Crippen LogP contribution in [0.2, 0.25) is 0 Å². The van der Waals surface area contributed by atoms with E-state index in [2.05, 4.69) is 9.97 Å². The van der Waals surface area contributed by atoms with Gasteiger partial charge in [0.1, 0.15) is 0 Å². The van der Waals surface area contributed by atoms with Gasteiger partial charge in [0.15, 0.2) is 14.4 Å². The number of nitrogens with zero attached hydrogens (tertiary/aromatic N) is 2. The fourth-order valence-electron chi connectivity index (χ4n) is 0.738. The van der Waals surface area contributed by atoms with E-state index >= 15 is 0 Å². The molecule has 7 heteroatoms. The first-order valence-corrected chi connectivity index (χ1v) is 6.09. The summed E-state index contributed by atoms with van der Waals surface area (Å²) >= 11 is 4.20. The Hall–Kier alpha value is -0.920. The molecule has 0 fully saturated rings. The lowest BCUT2D eigenvalue weighted by Crippen LogP contribution is -1.95. The summed E-state index contributed by atoms with van der Waals surface area (Å²) in [6.45, 7) is 0. The summed E-state index contributed by atoms with van der Waals surface area (Å²) in [6.07, 6.45) is 1.71. The van der Waals surface area contributed by atoms with Crippen molar-refractivity contribution in [2.24, 2.45) is 0 Å². The summed E-state index contributed by atoms with van der Waals surface area (Å²) < 4.78 is 1.58. The van der Waals surface area contributed by atoms with Gasteiger partial charge in [-0.05, 0) is 11.8 Å². The van der Waals surface area contributed by atoms with Gasteiger partial charge < -0.3 is 5.11 Å². The zero-order valence-electron chi connectivity index (χ0n) is 6.71. The molecule has 4 nitrogen and oxygen atoms in total. The number of aromatic nitrogens is 2. The van der Waals surface area contributed by atoms with Gasteiger partial charge >= 0.3 is 5.97 Å². The van der Waals surface area contributed by atoms with E-state index in [1.807, 2.05) is 5.38 Å². The number of carbonyl (C=O) groups is 1. The van der Waals surface area contributed by atoms with Crippen LogP contribution in [0.4, 0.5) is 0 Å². The van der Waals surface area contributed by atoms with Crippen molar-refractivity contribution in [3.8, 4) is 0 Å². The molecule has 2 aromatic heterocycles. The molecule has 0 unspecified atom stereocenters. The van der Waals surface area contributed by atoms with E-state index in [-0.39, 0.29) is 5.69 Å². The Morgan fingerprint density at radius 3 is 2.86 bits per heavy atom. The molecule has 0 radical (unpaired) electrons. The van der Waals surface area contributed by atoms with Gasteiger partial charge in [0.2, 0.25) is 0 Å². The second-order valence-electron chi connectivity index (χ2n) is 2.20. The summed E-state index contributed by atoms with van der Waals surface area (Å²) in [5.74, 6) is -0.993. The third-order valence-corrected chi connectivity index (χ3v) is 4.11. The van der Waals surface area contributed by atoms with Crippen LogP contribution in [0.3, 0.4) is 0 Å². The second-order valence-corrected chi connectivity index (χ2v) is 5.45. The third kappa shape index (κ3) is 2.11. The van der Waals surface area contributed by atoms with Crippen LogP contribution in [0.25, 0.3) is 0 Å². The molecule has 2 rings (SSSR count). The lowest BCUT2D eigenvalue weighted by molar-refractivity contribution is 0.0691. The van der Waals surface area contributed by atoms with Gasteiger partial charge in [-0.1, -0.05) is 0 Å². The average molecular weight is 244 g/mol. The van der Waals surface area contributed by atoms with E-state index in [0.717, 1.165) is 4.34 Å². The highest BCUT2D eigenvalue weighted by Gasteiger charge is 2.10. The number of hydrogen-bond acceptors (Lipinski definition) is 6. The van der Waals surface area contributed by atoms with Gasteiger partial charge in [-0.2, -0.15) is 0 Å². The van der Waals surface area contributed by atoms with Gasteiger partial charge in [0, 0.05) is 17.0 Å². The first-order chi connectivity index (χ1) is 6.75. The Morgan fingerprint density at radius 1 is 1.43 bits per heavy atom. The Morgan fingerprint density at radius 2 is 2.29 bits per heavy atom. The van der Waals surface area contributed by atoms with Crippen molar-refractivity contribution in [1.82, 2.24) is 9.97 Å². The largest absolute Gasteiger partial charge is 0.476 e. The van der Waals surface area contributed by atoms with E-state index in [9.17, 15) is 4.79 Å². The molecule has 2 aromatic rings. The molecule has 0 aromatic carbocycles. The predicted octanol–water partition coefficient (Wildman–Crippen LogP) is 2.45. The standard InChI is InChI=1S/C7H4N2O2S3/c10-5(11)4-3-13-7(9-4)14-6-8-1-2-12-6/h1-3H,(H,10,11). The molecule has 0 atom stereocenters. The summed E-state index contributed by atoms with van der Waals surface area (Å²) in [6, 6.07) is 0. The third-order valence-electron chi connectivity index (χ3n) is 1.29. The predicted molar refractivity (Wildman–Crippen MR) is 55.3 cm³/mol. The van der Waals surface area contributed by atoms with Crippen LogP contribution < -0.4 is 0 Å². The van der Waals surface area contributed by atoms with Gasteiger partial charge in [-0.3, -0.25) is 0 Å². The minimum absolute atomic E-state index is 0.0917. The Balaban J connectivity index is 2.14. The molecule has 0 spiro atoms. The molecule has 0 saturated carbocycles. The Labute approximate surface area is 91.7 Å². The molecule has 0 saturated heterocycles. The monoisotopic (exact) mass is 244 g/mol. The van der Waals surface area contributed by atoms with Crippen molar-refractivity contribution in [2.45, 2.75) is 8.68 Å². The number of hydrogen-bond donors (Lipinski definition) is 1. The maximum Gasteiger partial charge on any atom is 0.355 e. The maximum absolute atomic E-state index is 10.5. The van der Waals surface area contributed by atoms with Gasteiger partial charge in [0.05, 0.1) is 0 Å².